The maximum Gasteiger partial charge on any atom is 0.317 e. The molecule has 2 heterocycles. The second kappa shape index (κ2) is 4.78. The van der Waals surface area contributed by atoms with E-state index < -0.39 is 0 Å². The van der Waals surface area contributed by atoms with Crippen LogP contribution in [0.25, 0.3) is 0 Å². The fourth-order valence-corrected chi connectivity index (χ4v) is 3.00. The summed E-state index contributed by atoms with van der Waals surface area (Å²) < 4.78 is 5.63. The van der Waals surface area contributed by atoms with E-state index in [2.05, 4.69) is 10.6 Å². The molecule has 3 rings (SSSR count). The van der Waals surface area contributed by atoms with Gasteiger partial charge in [0.05, 0.1) is 6.04 Å². The molecule has 0 spiro atoms. The smallest absolute Gasteiger partial charge is 0.317 e. The standard InChI is InChI=1S/C13H15ClN2O2/c14-10-6-2-1-4-8(10)11-9-5-3-7-18-12(9)16-13(17)15-11/h1-2,4,6,9,11-12H,3,5,7H2,(H2,15,16,17). The van der Waals surface area contributed by atoms with Crippen molar-refractivity contribution in [3.8, 4) is 0 Å². The molecule has 2 amide bonds. The first-order valence-corrected chi connectivity index (χ1v) is 6.56. The summed E-state index contributed by atoms with van der Waals surface area (Å²) in [7, 11) is 0. The quantitative estimate of drug-likeness (QED) is 0.820. The molecule has 4 nitrogen and oxygen atoms in total. The Balaban J connectivity index is 1.93. The minimum Gasteiger partial charge on any atom is -0.358 e. The second-order valence-electron chi connectivity index (χ2n) is 4.71. The Labute approximate surface area is 111 Å². The molecule has 0 radical (unpaired) electrons. The Kier molecular flexibility index (Phi) is 3.14. The summed E-state index contributed by atoms with van der Waals surface area (Å²) in [6.45, 7) is 0.705. The van der Waals surface area contributed by atoms with Crippen LogP contribution in [0.5, 0.6) is 0 Å². The molecule has 2 aliphatic rings. The lowest BCUT2D eigenvalue weighted by molar-refractivity contribution is -0.0602. The van der Waals surface area contributed by atoms with Gasteiger partial charge in [-0.3, -0.25) is 0 Å². The van der Waals surface area contributed by atoms with E-state index in [9.17, 15) is 4.79 Å². The van der Waals surface area contributed by atoms with Crippen LogP contribution in [-0.4, -0.2) is 18.9 Å². The first-order valence-electron chi connectivity index (χ1n) is 6.19. The molecule has 0 aromatic heterocycles. The molecule has 5 heteroatoms. The van der Waals surface area contributed by atoms with E-state index >= 15 is 0 Å². The van der Waals surface area contributed by atoms with Gasteiger partial charge in [0.2, 0.25) is 0 Å². The monoisotopic (exact) mass is 266 g/mol. The summed E-state index contributed by atoms with van der Waals surface area (Å²) in [5.74, 6) is 0.233. The number of urea groups is 1. The van der Waals surface area contributed by atoms with Gasteiger partial charge in [0.15, 0.2) is 0 Å². The molecule has 2 N–H and O–H groups in total. The fourth-order valence-electron chi connectivity index (χ4n) is 2.75. The van der Waals surface area contributed by atoms with Crippen LogP contribution >= 0.6 is 11.6 Å². The lowest BCUT2D eigenvalue weighted by Crippen LogP contribution is -2.58. The number of carbonyl (C=O) groups is 1. The van der Waals surface area contributed by atoms with Crippen molar-refractivity contribution < 1.29 is 9.53 Å². The fraction of sp³-hybridized carbons (Fsp3) is 0.462. The van der Waals surface area contributed by atoms with E-state index in [4.69, 9.17) is 16.3 Å². The zero-order valence-electron chi connectivity index (χ0n) is 9.86. The van der Waals surface area contributed by atoms with Gasteiger partial charge < -0.3 is 15.4 Å². The molecule has 96 valence electrons. The van der Waals surface area contributed by atoms with Gasteiger partial charge in [0.1, 0.15) is 6.23 Å². The lowest BCUT2D eigenvalue weighted by Gasteiger charge is -2.42. The van der Waals surface area contributed by atoms with Crippen molar-refractivity contribution in [1.29, 1.82) is 0 Å². The average molecular weight is 267 g/mol. The SMILES string of the molecule is O=C1NC2OCCCC2C(c2ccccc2Cl)N1. The van der Waals surface area contributed by atoms with Gasteiger partial charge in [-0.05, 0) is 24.5 Å². The highest BCUT2D eigenvalue weighted by atomic mass is 35.5. The number of ether oxygens (including phenoxy) is 1. The number of amides is 2. The van der Waals surface area contributed by atoms with E-state index in [1.807, 2.05) is 24.3 Å². The number of halogens is 1. The molecule has 2 fully saturated rings. The number of nitrogens with one attached hydrogen (secondary N) is 2. The van der Waals surface area contributed by atoms with Crippen LogP contribution in [0.2, 0.25) is 5.02 Å². The maximum atomic E-state index is 11.7. The normalized spacial score (nSPS) is 31.2. The first kappa shape index (κ1) is 11.8. The Hall–Kier alpha value is -1.26. The molecule has 2 saturated heterocycles. The van der Waals surface area contributed by atoms with Gasteiger partial charge in [-0.25, -0.2) is 4.79 Å². The molecule has 0 saturated carbocycles. The van der Waals surface area contributed by atoms with Gasteiger partial charge in [0, 0.05) is 17.5 Å². The number of benzene rings is 1. The summed E-state index contributed by atoms with van der Waals surface area (Å²) in [4.78, 5) is 11.7. The molecule has 3 atom stereocenters. The molecule has 1 aromatic carbocycles. The molecular formula is C13H15ClN2O2. The van der Waals surface area contributed by atoms with E-state index in [0.29, 0.717) is 11.6 Å². The topological polar surface area (TPSA) is 50.4 Å². The van der Waals surface area contributed by atoms with E-state index in [0.717, 1.165) is 18.4 Å². The van der Waals surface area contributed by atoms with Crippen molar-refractivity contribution in [3.05, 3.63) is 34.9 Å². The summed E-state index contributed by atoms with van der Waals surface area (Å²) in [5.41, 5.74) is 0.967. The summed E-state index contributed by atoms with van der Waals surface area (Å²) in [6, 6.07) is 7.38. The number of hydrogen-bond donors (Lipinski definition) is 2. The highest BCUT2D eigenvalue weighted by Gasteiger charge is 2.40. The largest absolute Gasteiger partial charge is 0.358 e. The number of carbonyl (C=O) groups excluding carboxylic acids is 1. The lowest BCUT2D eigenvalue weighted by atomic mass is 9.85. The summed E-state index contributed by atoms with van der Waals surface area (Å²) in [6.07, 6.45) is 1.84. The highest BCUT2D eigenvalue weighted by molar-refractivity contribution is 6.31. The van der Waals surface area contributed by atoms with Gasteiger partial charge in [-0.2, -0.15) is 0 Å². The van der Waals surface area contributed by atoms with Crippen molar-refractivity contribution in [2.45, 2.75) is 25.1 Å². The molecule has 1 aromatic rings. The predicted octanol–water partition coefficient (Wildman–Crippen LogP) is 2.45. The third-order valence-electron chi connectivity index (χ3n) is 3.60. The molecule has 2 aliphatic heterocycles. The zero-order valence-corrected chi connectivity index (χ0v) is 10.6. The van der Waals surface area contributed by atoms with Crippen LogP contribution in [0, 0.1) is 5.92 Å². The van der Waals surface area contributed by atoms with E-state index in [1.54, 1.807) is 0 Å². The van der Waals surface area contributed by atoms with Crippen molar-refractivity contribution in [1.82, 2.24) is 10.6 Å². The Bertz CT molecular complexity index is 466. The van der Waals surface area contributed by atoms with Crippen molar-refractivity contribution in [2.24, 2.45) is 5.92 Å². The molecular weight excluding hydrogens is 252 g/mol. The van der Waals surface area contributed by atoms with Gasteiger partial charge in [-0.1, -0.05) is 29.8 Å². The molecule has 0 bridgehead atoms. The second-order valence-corrected chi connectivity index (χ2v) is 5.12. The van der Waals surface area contributed by atoms with Crippen LogP contribution in [0.1, 0.15) is 24.4 Å². The molecule has 18 heavy (non-hydrogen) atoms. The Morgan fingerprint density at radius 1 is 1.28 bits per heavy atom. The van der Waals surface area contributed by atoms with Gasteiger partial charge >= 0.3 is 6.03 Å². The Morgan fingerprint density at radius 2 is 2.11 bits per heavy atom. The highest BCUT2D eigenvalue weighted by Crippen LogP contribution is 2.36. The van der Waals surface area contributed by atoms with Crippen LogP contribution < -0.4 is 10.6 Å². The molecule has 3 unspecified atom stereocenters. The average Bonchev–Trinajstić information content (AvgIpc) is 2.38. The number of fused-ring (bicyclic) bond motifs is 1. The molecule has 0 aliphatic carbocycles. The number of hydrogen-bond acceptors (Lipinski definition) is 2. The number of rotatable bonds is 1. The maximum absolute atomic E-state index is 11.7. The first-order chi connectivity index (χ1) is 8.75. The van der Waals surface area contributed by atoms with E-state index in [-0.39, 0.29) is 24.2 Å². The predicted molar refractivity (Wildman–Crippen MR) is 68.3 cm³/mol. The van der Waals surface area contributed by atoms with Crippen LogP contribution in [0.4, 0.5) is 4.79 Å². The summed E-state index contributed by atoms with van der Waals surface area (Å²) in [5, 5.41) is 6.47. The Morgan fingerprint density at radius 3 is 2.94 bits per heavy atom. The third kappa shape index (κ3) is 2.06. The van der Waals surface area contributed by atoms with E-state index in [1.165, 1.54) is 0 Å². The van der Waals surface area contributed by atoms with Crippen LogP contribution in [-0.2, 0) is 4.74 Å². The van der Waals surface area contributed by atoms with Crippen LogP contribution in [0.15, 0.2) is 24.3 Å². The van der Waals surface area contributed by atoms with Crippen LogP contribution in [0.3, 0.4) is 0 Å². The summed E-state index contributed by atoms with van der Waals surface area (Å²) >= 11 is 6.22. The van der Waals surface area contributed by atoms with Crippen molar-refractivity contribution in [3.63, 3.8) is 0 Å². The zero-order chi connectivity index (χ0) is 12.5. The minimum atomic E-state index is -0.200. The van der Waals surface area contributed by atoms with Crippen molar-refractivity contribution in [2.75, 3.05) is 6.61 Å². The minimum absolute atomic E-state index is 0.0715. The van der Waals surface area contributed by atoms with Gasteiger partial charge in [0.25, 0.3) is 0 Å². The third-order valence-corrected chi connectivity index (χ3v) is 3.94. The van der Waals surface area contributed by atoms with Gasteiger partial charge in [-0.15, -0.1) is 0 Å². The van der Waals surface area contributed by atoms with Crippen molar-refractivity contribution >= 4 is 17.6 Å².